The molecule has 0 radical (unpaired) electrons. The summed E-state index contributed by atoms with van der Waals surface area (Å²) >= 11 is 0. The Kier molecular flexibility index (Phi) is 6.03. The summed E-state index contributed by atoms with van der Waals surface area (Å²) in [5.41, 5.74) is 0. The Morgan fingerprint density at radius 1 is 1.24 bits per heavy atom. The van der Waals surface area contributed by atoms with Crippen LogP contribution < -0.4 is 10.6 Å². The van der Waals surface area contributed by atoms with Crippen LogP contribution in [-0.4, -0.2) is 36.1 Å². The number of hydrogen-bond acceptors (Lipinski definition) is 3. The van der Waals surface area contributed by atoms with E-state index >= 15 is 0 Å². The Hall–Kier alpha value is -1.10. The maximum absolute atomic E-state index is 12.1. The van der Waals surface area contributed by atoms with Crippen LogP contribution in [0, 0.1) is 17.8 Å². The number of amides is 1. The van der Waals surface area contributed by atoms with Crippen molar-refractivity contribution in [1.29, 1.82) is 0 Å². The maximum Gasteiger partial charge on any atom is 0.306 e. The van der Waals surface area contributed by atoms with E-state index in [0.29, 0.717) is 31.1 Å². The van der Waals surface area contributed by atoms with Crippen LogP contribution in [0.15, 0.2) is 0 Å². The van der Waals surface area contributed by atoms with Crippen LogP contribution in [0.2, 0.25) is 0 Å². The minimum Gasteiger partial charge on any atom is -0.481 e. The van der Waals surface area contributed by atoms with E-state index < -0.39 is 5.97 Å². The number of piperidine rings is 1. The third-order valence-electron chi connectivity index (χ3n) is 5.09. The molecule has 5 heteroatoms. The smallest absolute Gasteiger partial charge is 0.306 e. The van der Waals surface area contributed by atoms with Crippen molar-refractivity contribution in [1.82, 2.24) is 10.6 Å². The predicted molar refractivity (Wildman–Crippen MR) is 80.9 cm³/mol. The third-order valence-corrected chi connectivity index (χ3v) is 5.09. The lowest BCUT2D eigenvalue weighted by Crippen LogP contribution is -2.40. The van der Waals surface area contributed by atoms with Gasteiger partial charge in [-0.2, -0.15) is 0 Å². The molecule has 1 saturated heterocycles. The Bertz CT molecular complexity index is 359. The van der Waals surface area contributed by atoms with Crippen molar-refractivity contribution in [3.8, 4) is 0 Å². The number of carboxylic acids is 1. The van der Waals surface area contributed by atoms with Crippen molar-refractivity contribution in [2.24, 2.45) is 17.8 Å². The summed E-state index contributed by atoms with van der Waals surface area (Å²) in [7, 11) is 0. The summed E-state index contributed by atoms with van der Waals surface area (Å²) in [4.78, 5) is 23.0. The number of nitrogens with one attached hydrogen (secondary N) is 2. The zero-order valence-corrected chi connectivity index (χ0v) is 12.9. The Morgan fingerprint density at radius 2 is 1.95 bits per heavy atom. The van der Waals surface area contributed by atoms with E-state index in [2.05, 4.69) is 17.6 Å². The average Bonchev–Trinajstić information content (AvgIpc) is 2.48. The largest absolute Gasteiger partial charge is 0.481 e. The second kappa shape index (κ2) is 7.78. The van der Waals surface area contributed by atoms with Gasteiger partial charge in [0.25, 0.3) is 0 Å². The fourth-order valence-electron chi connectivity index (χ4n) is 3.59. The first-order valence-corrected chi connectivity index (χ1v) is 8.29. The Balaban J connectivity index is 1.68. The molecule has 2 unspecified atom stereocenters. The molecule has 0 aromatic rings. The van der Waals surface area contributed by atoms with E-state index in [0.717, 1.165) is 25.9 Å². The molecule has 120 valence electrons. The summed E-state index contributed by atoms with van der Waals surface area (Å²) in [5.74, 6) is 0.232. The highest BCUT2D eigenvalue weighted by Gasteiger charge is 2.28. The van der Waals surface area contributed by atoms with Gasteiger partial charge in [-0.1, -0.05) is 6.92 Å². The van der Waals surface area contributed by atoms with Crippen molar-refractivity contribution < 1.29 is 14.7 Å². The lowest BCUT2D eigenvalue weighted by molar-refractivity contribution is -0.142. The maximum atomic E-state index is 12.1. The lowest BCUT2D eigenvalue weighted by Gasteiger charge is -2.30. The van der Waals surface area contributed by atoms with Crippen molar-refractivity contribution in [3.63, 3.8) is 0 Å². The van der Waals surface area contributed by atoms with Crippen LogP contribution in [0.5, 0.6) is 0 Å². The van der Waals surface area contributed by atoms with E-state index in [1.807, 2.05) is 0 Å². The Morgan fingerprint density at radius 3 is 2.52 bits per heavy atom. The molecular weight excluding hydrogens is 268 g/mol. The molecule has 0 spiro atoms. The molecule has 0 aromatic carbocycles. The minimum absolute atomic E-state index is 0.131. The van der Waals surface area contributed by atoms with Crippen molar-refractivity contribution in [2.45, 2.75) is 57.9 Å². The highest BCUT2D eigenvalue weighted by atomic mass is 16.4. The standard InChI is InChI=1S/C16H28N2O3/c1-11(13-3-2-8-17-10-13)9-15(19)18-14-6-4-12(5-7-14)16(20)21/h11-14,17H,2-10H2,1H3,(H,18,19)(H,20,21). The van der Waals surface area contributed by atoms with Crippen LogP contribution in [0.1, 0.15) is 51.9 Å². The molecule has 5 nitrogen and oxygen atoms in total. The first-order valence-electron chi connectivity index (χ1n) is 8.29. The van der Waals surface area contributed by atoms with Crippen LogP contribution >= 0.6 is 0 Å². The van der Waals surface area contributed by atoms with Gasteiger partial charge in [0, 0.05) is 12.5 Å². The molecule has 1 aliphatic carbocycles. The monoisotopic (exact) mass is 296 g/mol. The predicted octanol–water partition coefficient (Wildman–Crippen LogP) is 1.77. The fraction of sp³-hybridized carbons (Fsp3) is 0.875. The van der Waals surface area contributed by atoms with Crippen LogP contribution in [0.3, 0.4) is 0 Å². The summed E-state index contributed by atoms with van der Waals surface area (Å²) < 4.78 is 0. The number of hydrogen-bond donors (Lipinski definition) is 3. The van der Waals surface area contributed by atoms with Crippen molar-refractivity contribution in [2.75, 3.05) is 13.1 Å². The van der Waals surface area contributed by atoms with Crippen molar-refractivity contribution >= 4 is 11.9 Å². The number of rotatable bonds is 5. The van der Waals surface area contributed by atoms with Crippen LogP contribution in [-0.2, 0) is 9.59 Å². The molecule has 21 heavy (non-hydrogen) atoms. The zero-order valence-electron chi connectivity index (χ0n) is 12.9. The van der Waals surface area contributed by atoms with E-state index in [-0.39, 0.29) is 17.9 Å². The second-order valence-corrected chi connectivity index (χ2v) is 6.74. The quantitative estimate of drug-likeness (QED) is 0.722. The lowest BCUT2D eigenvalue weighted by atomic mass is 9.84. The molecule has 1 heterocycles. The van der Waals surface area contributed by atoms with Crippen LogP contribution in [0.4, 0.5) is 0 Å². The van der Waals surface area contributed by atoms with Gasteiger partial charge in [0.15, 0.2) is 0 Å². The van der Waals surface area contributed by atoms with Gasteiger partial charge in [0.05, 0.1) is 5.92 Å². The van der Waals surface area contributed by atoms with Gasteiger partial charge in [0.2, 0.25) is 5.91 Å². The third kappa shape index (κ3) is 4.99. The minimum atomic E-state index is -0.696. The van der Waals surface area contributed by atoms with Gasteiger partial charge >= 0.3 is 5.97 Å². The summed E-state index contributed by atoms with van der Waals surface area (Å²) in [6.07, 6.45) is 5.96. The SMILES string of the molecule is CC(CC(=O)NC1CCC(C(=O)O)CC1)C1CCCNC1. The summed E-state index contributed by atoms with van der Waals surface area (Å²) in [5, 5.41) is 15.5. The topological polar surface area (TPSA) is 78.4 Å². The second-order valence-electron chi connectivity index (χ2n) is 6.74. The molecular formula is C16H28N2O3. The highest BCUT2D eigenvalue weighted by Crippen LogP contribution is 2.25. The van der Waals surface area contributed by atoms with Gasteiger partial charge in [0.1, 0.15) is 0 Å². The van der Waals surface area contributed by atoms with Gasteiger partial charge in [-0.05, 0) is 63.5 Å². The summed E-state index contributed by atoms with van der Waals surface area (Å²) in [6, 6.07) is 0.171. The van der Waals surface area contributed by atoms with Gasteiger partial charge in [-0.15, -0.1) is 0 Å². The highest BCUT2D eigenvalue weighted by molar-refractivity contribution is 5.76. The Labute approximate surface area is 126 Å². The number of aliphatic carboxylic acids is 1. The first-order chi connectivity index (χ1) is 10.1. The van der Waals surface area contributed by atoms with Crippen LogP contribution in [0.25, 0.3) is 0 Å². The normalized spacial score (nSPS) is 31.4. The molecule has 0 bridgehead atoms. The van der Waals surface area contributed by atoms with Crippen molar-refractivity contribution in [3.05, 3.63) is 0 Å². The first kappa shape index (κ1) is 16.3. The van der Waals surface area contributed by atoms with E-state index in [1.165, 1.54) is 12.8 Å². The molecule has 2 rings (SSSR count). The molecule has 2 fully saturated rings. The average molecular weight is 296 g/mol. The molecule has 1 saturated carbocycles. The number of carbonyl (C=O) groups is 2. The molecule has 3 N–H and O–H groups in total. The van der Waals surface area contributed by atoms with E-state index in [9.17, 15) is 9.59 Å². The van der Waals surface area contributed by atoms with Gasteiger partial charge < -0.3 is 15.7 Å². The zero-order chi connectivity index (χ0) is 15.2. The molecule has 1 aliphatic heterocycles. The molecule has 2 atom stereocenters. The summed E-state index contributed by atoms with van der Waals surface area (Å²) in [6.45, 7) is 4.29. The van der Waals surface area contributed by atoms with Gasteiger partial charge in [-0.25, -0.2) is 0 Å². The van der Waals surface area contributed by atoms with E-state index in [1.54, 1.807) is 0 Å². The number of carbonyl (C=O) groups excluding carboxylic acids is 1. The van der Waals surface area contributed by atoms with E-state index in [4.69, 9.17) is 5.11 Å². The molecule has 2 aliphatic rings. The number of carboxylic acid groups (broad SMARTS) is 1. The molecule has 0 aromatic heterocycles. The fourth-order valence-corrected chi connectivity index (χ4v) is 3.59. The van der Waals surface area contributed by atoms with Gasteiger partial charge in [-0.3, -0.25) is 9.59 Å². The molecule has 1 amide bonds.